The molecule has 1 unspecified atom stereocenters. The van der Waals surface area contributed by atoms with Gasteiger partial charge in [0.2, 0.25) is 0 Å². The Hall–Kier alpha value is -1.36. The van der Waals surface area contributed by atoms with Gasteiger partial charge in [-0.25, -0.2) is 0 Å². The third-order valence-electron chi connectivity index (χ3n) is 2.65. The van der Waals surface area contributed by atoms with Crippen LogP contribution < -0.4 is 15.8 Å². The van der Waals surface area contributed by atoms with Crippen molar-refractivity contribution in [1.29, 1.82) is 0 Å². The van der Waals surface area contributed by atoms with E-state index < -0.39 is 0 Å². The maximum atomic E-state index is 5.76. The largest absolute Gasteiger partial charge is 0.478 e. The second-order valence-corrected chi connectivity index (χ2v) is 3.80. The monoisotopic (exact) mass is 208 g/mol. The van der Waals surface area contributed by atoms with Crippen molar-refractivity contribution >= 4 is 5.69 Å². The number of nitrogens with two attached hydrogens (primary N) is 1. The first kappa shape index (κ1) is 10.2. The van der Waals surface area contributed by atoms with Crippen molar-refractivity contribution in [3.8, 4) is 5.88 Å². The van der Waals surface area contributed by atoms with E-state index >= 15 is 0 Å². The summed E-state index contributed by atoms with van der Waals surface area (Å²) in [6, 6.07) is 2.36. The lowest BCUT2D eigenvalue weighted by molar-refractivity contribution is 0.393. The Labute approximate surface area is 89.0 Å². The van der Waals surface area contributed by atoms with Crippen LogP contribution in [0.25, 0.3) is 0 Å². The lowest BCUT2D eigenvalue weighted by Gasteiger charge is -2.09. The molecule has 1 saturated heterocycles. The molecule has 2 heterocycles. The summed E-state index contributed by atoms with van der Waals surface area (Å²) >= 11 is 0. The fourth-order valence-corrected chi connectivity index (χ4v) is 1.88. The highest BCUT2D eigenvalue weighted by Crippen LogP contribution is 2.18. The molecule has 3 N–H and O–H groups in total. The number of nitrogens with zero attached hydrogens (tertiary/aromatic N) is 2. The summed E-state index contributed by atoms with van der Waals surface area (Å²) in [6.07, 6.45) is 3.33. The fraction of sp³-hybridized carbons (Fsp3) is 0.600. The van der Waals surface area contributed by atoms with E-state index in [0.717, 1.165) is 18.7 Å². The number of methoxy groups -OCH3 is 1. The van der Waals surface area contributed by atoms with Crippen molar-refractivity contribution in [3.05, 3.63) is 11.8 Å². The van der Waals surface area contributed by atoms with Crippen molar-refractivity contribution in [2.24, 2.45) is 0 Å². The third kappa shape index (κ3) is 2.36. The van der Waals surface area contributed by atoms with E-state index in [9.17, 15) is 0 Å². The van der Waals surface area contributed by atoms with Crippen LogP contribution in [-0.4, -0.2) is 29.9 Å². The van der Waals surface area contributed by atoms with E-state index in [4.69, 9.17) is 10.5 Å². The molecule has 1 aromatic heterocycles. The highest BCUT2D eigenvalue weighted by molar-refractivity contribution is 5.47. The topological polar surface area (TPSA) is 73.1 Å². The quantitative estimate of drug-likeness (QED) is 0.750. The number of hydrogen-bond acceptors (Lipinski definition) is 5. The maximum absolute atomic E-state index is 5.76. The van der Waals surface area contributed by atoms with Gasteiger partial charge in [0.1, 0.15) is 0 Å². The summed E-state index contributed by atoms with van der Waals surface area (Å²) < 4.78 is 4.96. The van der Waals surface area contributed by atoms with Crippen LogP contribution in [0, 0.1) is 0 Å². The van der Waals surface area contributed by atoms with E-state index in [1.165, 1.54) is 12.8 Å². The Morgan fingerprint density at radius 1 is 1.60 bits per heavy atom. The molecular weight excluding hydrogens is 192 g/mol. The van der Waals surface area contributed by atoms with E-state index in [2.05, 4.69) is 15.5 Å². The van der Waals surface area contributed by atoms with Gasteiger partial charge < -0.3 is 15.8 Å². The zero-order valence-corrected chi connectivity index (χ0v) is 8.86. The van der Waals surface area contributed by atoms with E-state index in [-0.39, 0.29) is 0 Å². The minimum Gasteiger partial charge on any atom is -0.478 e. The molecule has 0 radical (unpaired) electrons. The van der Waals surface area contributed by atoms with Crippen LogP contribution in [0.5, 0.6) is 5.88 Å². The number of ether oxygens (including phenoxy) is 1. The Bertz CT molecular complexity index is 336. The molecule has 1 fully saturated rings. The lowest BCUT2D eigenvalue weighted by Crippen LogP contribution is -2.24. The molecule has 1 aliphatic rings. The van der Waals surface area contributed by atoms with Crippen LogP contribution in [0.4, 0.5) is 5.69 Å². The lowest BCUT2D eigenvalue weighted by atomic mass is 10.1. The second-order valence-electron chi connectivity index (χ2n) is 3.80. The maximum Gasteiger partial charge on any atom is 0.256 e. The SMILES string of the molecule is COc1nnc(CC2CCCN2)cc1N. The predicted octanol–water partition coefficient (Wildman–Crippen LogP) is 0.362. The summed E-state index contributed by atoms with van der Waals surface area (Å²) in [4.78, 5) is 0. The van der Waals surface area contributed by atoms with Gasteiger partial charge in [-0.05, 0) is 25.5 Å². The first-order valence-corrected chi connectivity index (χ1v) is 5.19. The van der Waals surface area contributed by atoms with E-state index in [0.29, 0.717) is 17.6 Å². The molecule has 2 rings (SSSR count). The van der Waals surface area contributed by atoms with Crippen LogP contribution in [0.2, 0.25) is 0 Å². The number of anilines is 1. The highest BCUT2D eigenvalue weighted by atomic mass is 16.5. The Morgan fingerprint density at radius 3 is 3.07 bits per heavy atom. The number of rotatable bonds is 3. The van der Waals surface area contributed by atoms with Crippen LogP contribution in [0.1, 0.15) is 18.5 Å². The molecule has 15 heavy (non-hydrogen) atoms. The Morgan fingerprint density at radius 2 is 2.47 bits per heavy atom. The highest BCUT2D eigenvalue weighted by Gasteiger charge is 2.16. The molecule has 0 aromatic carbocycles. The molecule has 0 amide bonds. The molecule has 0 saturated carbocycles. The number of hydrogen-bond donors (Lipinski definition) is 2. The Balaban J connectivity index is 2.05. The second kappa shape index (κ2) is 4.44. The fourth-order valence-electron chi connectivity index (χ4n) is 1.88. The normalized spacial score (nSPS) is 20.5. The van der Waals surface area contributed by atoms with Crippen LogP contribution in [-0.2, 0) is 6.42 Å². The van der Waals surface area contributed by atoms with Gasteiger partial charge >= 0.3 is 0 Å². The van der Waals surface area contributed by atoms with Gasteiger partial charge in [-0.2, -0.15) is 5.10 Å². The third-order valence-corrected chi connectivity index (χ3v) is 2.65. The van der Waals surface area contributed by atoms with Crippen LogP contribution in [0.3, 0.4) is 0 Å². The van der Waals surface area contributed by atoms with Gasteiger partial charge in [-0.15, -0.1) is 5.10 Å². The van der Waals surface area contributed by atoms with Gasteiger partial charge in [0.15, 0.2) is 0 Å². The average Bonchev–Trinajstić information content (AvgIpc) is 2.71. The van der Waals surface area contributed by atoms with Crippen LogP contribution in [0.15, 0.2) is 6.07 Å². The van der Waals surface area contributed by atoms with Crippen LogP contribution >= 0.6 is 0 Å². The summed E-state index contributed by atoms with van der Waals surface area (Å²) in [7, 11) is 1.54. The number of nitrogens with one attached hydrogen (secondary N) is 1. The zero-order valence-electron chi connectivity index (χ0n) is 8.86. The van der Waals surface area contributed by atoms with Gasteiger partial charge in [0.05, 0.1) is 18.5 Å². The van der Waals surface area contributed by atoms with Gasteiger partial charge in [-0.1, -0.05) is 0 Å². The predicted molar refractivity (Wildman–Crippen MR) is 57.7 cm³/mol. The van der Waals surface area contributed by atoms with Crippen molar-refractivity contribution in [2.75, 3.05) is 19.4 Å². The van der Waals surface area contributed by atoms with Gasteiger partial charge in [0, 0.05) is 12.5 Å². The molecule has 5 heteroatoms. The Kier molecular flexibility index (Phi) is 3.01. The van der Waals surface area contributed by atoms with Gasteiger partial charge in [-0.3, -0.25) is 0 Å². The minimum atomic E-state index is 0.401. The van der Waals surface area contributed by atoms with Crippen molar-refractivity contribution in [2.45, 2.75) is 25.3 Å². The summed E-state index contributed by atoms with van der Waals surface area (Å²) in [6.45, 7) is 1.10. The standard InChI is InChI=1S/C10H16N4O/c1-15-10-9(11)6-8(13-14-10)5-7-3-2-4-12-7/h6-7,12H,2-5H2,1H3,(H2,11,13). The molecule has 0 spiro atoms. The summed E-state index contributed by atoms with van der Waals surface area (Å²) in [5.41, 5.74) is 7.24. The summed E-state index contributed by atoms with van der Waals surface area (Å²) in [5, 5.41) is 11.4. The summed E-state index contributed by atoms with van der Waals surface area (Å²) in [5.74, 6) is 0.401. The molecule has 1 aromatic rings. The molecule has 82 valence electrons. The molecule has 0 aliphatic carbocycles. The minimum absolute atomic E-state index is 0.401. The first-order chi connectivity index (χ1) is 7.29. The average molecular weight is 208 g/mol. The number of nitrogen functional groups attached to an aromatic ring is 1. The zero-order chi connectivity index (χ0) is 10.7. The molecule has 1 aliphatic heterocycles. The molecule has 1 atom stereocenters. The van der Waals surface area contributed by atoms with E-state index in [1.54, 1.807) is 7.11 Å². The van der Waals surface area contributed by atoms with Crippen molar-refractivity contribution in [3.63, 3.8) is 0 Å². The molecular formula is C10H16N4O. The molecule has 5 nitrogen and oxygen atoms in total. The van der Waals surface area contributed by atoms with E-state index in [1.807, 2.05) is 6.07 Å². The number of aromatic nitrogens is 2. The van der Waals surface area contributed by atoms with Gasteiger partial charge in [0.25, 0.3) is 5.88 Å². The molecule has 0 bridgehead atoms. The van der Waals surface area contributed by atoms with Crippen molar-refractivity contribution in [1.82, 2.24) is 15.5 Å². The van der Waals surface area contributed by atoms with Crippen molar-refractivity contribution < 1.29 is 4.74 Å². The smallest absolute Gasteiger partial charge is 0.256 e. The first-order valence-electron chi connectivity index (χ1n) is 5.19.